The fourth-order valence-corrected chi connectivity index (χ4v) is 1.58. The Morgan fingerprint density at radius 2 is 2.21 bits per heavy atom. The Kier molecular flexibility index (Phi) is 2.98. The van der Waals surface area contributed by atoms with Crippen LogP contribution in [-0.4, -0.2) is 29.9 Å². The third-order valence-corrected chi connectivity index (χ3v) is 2.36. The van der Waals surface area contributed by atoms with Crippen LogP contribution in [0.5, 0.6) is 0 Å². The molecule has 5 heteroatoms. The van der Waals surface area contributed by atoms with Gasteiger partial charge in [-0.15, -0.1) is 0 Å². The molecule has 2 rings (SSSR count). The molecule has 0 saturated carbocycles. The molecule has 0 unspecified atom stereocenters. The summed E-state index contributed by atoms with van der Waals surface area (Å²) in [5, 5.41) is 6.95. The van der Waals surface area contributed by atoms with E-state index in [1.165, 1.54) is 0 Å². The fourth-order valence-electron chi connectivity index (χ4n) is 1.58. The SMILES string of the molecule is CCNc1nc(C2CCOCC2)no1. The molecule has 78 valence electrons. The van der Waals surface area contributed by atoms with Crippen molar-refractivity contribution in [1.82, 2.24) is 10.1 Å². The first kappa shape index (κ1) is 9.45. The van der Waals surface area contributed by atoms with Gasteiger partial charge in [0.05, 0.1) is 0 Å². The van der Waals surface area contributed by atoms with Crippen molar-refractivity contribution in [1.29, 1.82) is 0 Å². The lowest BCUT2D eigenvalue weighted by atomic mass is 10.00. The molecule has 1 aromatic rings. The van der Waals surface area contributed by atoms with Gasteiger partial charge in [0.15, 0.2) is 5.82 Å². The monoisotopic (exact) mass is 197 g/mol. The van der Waals surface area contributed by atoms with E-state index in [2.05, 4.69) is 15.5 Å². The Labute approximate surface area is 82.8 Å². The van der Waals surface area contributed by atoms with Crippen molar-refractivity contribution >= 4 is 6.01 Å². The fraction of sp³-hybridized carbons (Fsp3) is 0.778. The van der Waals surface area contributed by atoms with E-state index < -0.39 is 0 Å². The molecule has 1 fully saturated rings. The van der Waals surface area contributed by atoms with Gasteiger partial charge in [0, 0.05) is 25.7 Å². The normalized spacial score (nSPS) is 18.4. The summed E-state index contributed by atoms with van der Waals surface area (Å²) in [6.45, 7) is 4.40. The van der Waals surface area contributed by atoms with Gasteiger partial charge in [-0.2, -0.15) is 4.98 Å². The lowest BCUT2D eigenvalue weighted by molar-refractivity contribution is 0.0830. The van der Waals surface area contributed by atoms with Gasteiger partial charge in [-0.1, -0.05) is 5.16 Å². The summed E-state index contributed by atoms with van der Waals surface area (Å²) in [6, 6.07) is 0.522. The quantitative estimate of drug-likeness (QED) is 0.793. The molecule has 1 saturated heterocycles. The summed E-state index contributed by atoms with van der Waals surface area (Å²) in [4.78, 5) is 4.28. The zero-order chi connectivity index (χ0) is 9.80. The highest BCUT2D eigenvalue weighted by atomic mass is 16.5. The van der Waals surface area contributed by atoms with E-state index in [4.69, 9.17) is 9.26 Å². The second-order valence-electron chi connectivity index (χ2n) is 3.37. The van der Waals surface area contributed by atoms with E-state index in [1.807, 2.05) is 6.92 Å². The maximum atomic E-state index is 5.27. The van der Waals surface area contributed by atoms with E-state index in [-0.39, 0.29) is 0 Å². The first-order chi connectivity index (χ1) is 6.90. The number of aromatic nitrogens is 2. The second-order valence-corrected chi connectivity index (χ2v) is 3.37. The second kappa shape index (κ2) is 4.41. The molecule has 14 heavy (non-hydrogen) atoms. The highest BCUT2D eigenvalue weighted by Crippen LogP contribution is 2.24. The van der Waals surface area contributed by atoms with Crippen LogP contribution in [-0.2, 0) is 4.74 Å². The van der Waals surface area contributed by atoms with Crippen LogP contribution in [0.4, 0.5) is 6.01 Å². The number of hydrogen-bond donors (Lipinski definition) is 1. The first-order valence-electron chi connectivity index (χ1n) is 5.05. The zero-order valence-electron chi connectivity index (χ0n) is 8.32. The topological polar surface area (TPSA) is 60.2 Å². The van der Waals surface area contributed by atoms with Gasteiger partial charge < -0.3 is 14.6 Å². The molecule has 2 heterocycles. The van der Waals surface area contributed by atoms with Crippen molar-refractivity contribution in [2.45, 2.75) is 25.7 Å². The van der Waals surface area contributed by atoms with Gasteiger partial charge in [0.25, 0.3) is 0 Å². The molecular formula is C9H15N3O2. The van der Waals surface area contributed by atoms with Crippen molar-refractivity contribution in [3.63, 3.8) is 0 Å². The lowest BCUT2D eigenvalue weighted by Crippen LogP contribution is -2.15. The Morgan fingerprint density at radius 1 is 1.43 bits per heavy atom. The molecular weight excluding hydrogens is 182 g/mol. The molecule has 1 aliphatic heterocycles. The first-order valence-corrected chi connectivity index (χ1v) is 5.05. The van der Waals surface area contributed by atoms with Crippen LogP contribution in [0.25, 0.3) is 0 Å². The molecule has 0 aliphatic carbocycles. The number of hydrogen-bond acceptors (Lipinski definition) is 5. The molecule has 1 N–H and O–H groups in total. The molecule has 0 radical (unpaired) electrons. The maximum absolute atomic E-state index is 5.27. The molecule has 5 nitrogen and oxygen atoms in total. The minimum absolute atomic E-state index is 0.403. The summed E-state index contributed by atoms with van der Waals surface area (Å²) in [5.74, 6) is 1.21. The van der Waals surface area contributed by atoms with Crippen molar-refractivity contribution in [3.8, 4) is 0 Å². The van der Waals surface area contributed by atoms with Gasteiger partial charge in [-0.05, 0) is 19.8 Å². The number of anilines is 1. The minimum Gasteiger partial charge on any atom is -0.381 e. The van der Waals surface area contributed by atoms with Crippen LogP contribution in [0.1, 0.15) is 31.5 Å². The molecule has 0 atom stereocenters. The van der Waals surface area contributed by atoms with Gasteiger partial charge >= 0.3 is 6.01 Å². The minimum atomic E-state index is 0.403. The van der Waals surface area contributed by atoms with E-state index in [9.17, 15) is 0 Å². The number of nitrogens with zero attached hydrogens (tertiary/aromatic N) is 2. The number of rotatable bonds is 3. The largest absolute Gasteiger partial charge is 0.381 e. The van der Waals surface area contributed by atoms with Crippen LogP contribution in [0, 0.1) is 0 Å². The van der Waals surface area contributed by atoms with Gasteiger partial charge in [0.2, 0.25) is 0 Å². The van der Waals surface area contributed by atoms with Crippen LogP contribution in [0.2, 0.25) is 0 Å². The Hall–Kier alpha value is -1.10. The summed E-state index contributed by atoms with van der Waals surface area (Å²) >= 11 is 0. The average molecular weight is 197 g/mol. The molecule has 0 aromatic carbocycles. The van der Waals surface area contributed by atoms with E-state index in [1.54, 1.807) is 0 Å². The third kappa shape index (κ3) is 2.04. The zero-order valence-corrected chi connectivity index (χ0v) is 8.32. The molecule has 0 spiro atoms. The lowest BCUT2D eigenvalue weighted by Gasteiger charge is -2.18. The number of ether oxygens (including phenoxy) is 1. The Morgan fingerprint density at radius 3 is 2.93 bits per heavy atom. The van der Waals surface area contributed by atoms with Crippen molar-refractivity contribution in [2.24, 2.45) is 0 Å². The van der Waals surface area contributed by atoms with Crippen LogP contribution < -0.4 is 5.32 Å². The van der Waals surface area contributed by atoms with Crippen molar-refractivity contribution in [2.75, 3.05) is 25.1 Å². The number of nitrogens with one attached hydrogen (secondary N) is 1. The van der Waals surface area contributed by atoms with E-state index in [0.717, 1.165) is 38.4 Å². The van der Waals surface area contributed by atoms with Crippen LogP contribution in [0.3, 0.4) is 0 Å². The van der Waals surface area contributed by atoms with E-state index >= 15 is 0 Å². The van der Waals surface area contributed by atoms with Crippen LogP contribution in [0.15, 0.2) is 4.52 Å². The van der Waals surface area contributed by atoms with Crippen molar-refractivity contribution in [3.05, 3.63) is 5.82 Å². The predicted molar refractivity (Wildman–Crippen MR) is 51.3 cm³/mol. The highest BCUT2D eigenvalue weighted by molar-refractivity contribution is 5.18. The molecule has 1 aliphatic rings. The maximum Gasteiger partial charge on any atom is 0.321 e. The smallest absolute Gasteiger partial charge is 0.321 e. The Balaban J connectivity index is 2.00. The van der Waals surface area contributed by atoms with Gasteiger partial charge in [-0.25, -0.2) is 0 Å². The van der Waals surface area contributed by atoms with Crippen molar-refractivity contribution < 1.29 is 9.26 Å². The highest BCUT2D eigenvalue weighted by Gasteiger charge is 2.20. The van der Waals surface area contributed by atoms with Crippen LogP contribution >= 0.6 is 0 Å². The summed E-state index contributed by atoms with van der Waals surface area (Å²) in [5.41, 5.74) is 0. The molecule has 1 aromatic heterocycles. The summed E-state index contributed by atoms with van der Waals surface area (Å²) in [7, 11) is 0. The van der Waals surface area contributed by atoms with Gasteiger partial charge in [-0.3, -0.25) is 0 Å². The summed E-state index contributed by atoms with van der Waals surface area (Å²) < 4.78 is 10.3. The predicted octanol–water partition coefficient (Wildman–Crippen LogP) is 1.40. The molecule has 0 amide bonds. The molecule has 0 bridgehead atoms. The Bertz CT molecular complexity index is 281. The third-order valence-electron chi connectivity index (χ3n) is 2.36. The average Bonchev–Trinajstić information content (AvgIpc) is 2.68. The summed E-state index contributed by atoms with van der Waals surface area (Å²) in [6.07, 6.45) is 1.98. The standard InChI is InChI=1S/C9H15N3O2/c1-2-10-9-11-8(12-14-9)7-3-5-13-6-4-7/h7H,2-6H2,1H3,(H,10,11,12). The van der Waals surface area contributed by atoms with E-state index in [0.29, 0.717) is 11.9 Å². The van der Waals surface area contributed by atoms with Gasteiger partial charge in [0.1, 0.15) is 0 Å².